The molecule has 2 aromatic heterocycles. The van der Waals surface area contributed by atoms with Gasteiger partial charge in [-0.15, -0.1) is 11.3 Å². The highest BCUT2D eigenvalue weighted by Crippen LogP contribution is 2.31. The summed E-state index contributed by atoms with van der Waals surface area (Å²) in [6.45, 7) is 1.65. The Morgan fingerprint density at radius 1 is 1.09 bits per heavy atom. The predicted octanol–water partition coefficient (Wildman–Crippen LogP) is 4.14. The van der Waals surface area contributed by atoms with Gasteiger partial charge in [0.25, 0.3) is 5.91 Å². The van der Waals surface area contributed by atoms with Gasteiger partial charge in [0.1, 0.15) is 5.54 Å². The number of fused-ring (bicyclic) bond motifs is 1. The van der Waals surface area contributed by atoms with Crippen LogP contribution in [0, 0.1) is 0 Å². The number of aryl methyl sites for hydroxylation is 1. The lowest BCUT2D eigenvalue weighted by Gasteiger charge is -2.21. The molecule has 33 heavy (non-hydrogen) atoms. The number of aromatic nitrogens is 1. The van der Waals surface area contributed by atoms with E-state index < -0.39 is 23.4 Å². The van der Waals surface area contributed by atoms with Crippen molar-refractivity contribution in [3.63, 3.8) is 0 Å². The van der Waals surface area contributed by atoms with Gasteiger partial charge in [-0.25, -0.2) is 15.2 Å². The Bertz CT molecular complexity index is 1330. The number of hydrogen-bond donors (Lipinski definition) is 2. The molecule has 4 aromatic rings. The van der Waals surface area contributed by atoms with Gasteiger partial charge in [0, 0.05) is 0 Å². The molecule has 5 rings (SSSR count). The van der Waals surface area contributed by atoms with Crippen LogP contribution in [0.2, 0.25) is 0 Å². The third kappa shape index (κ3) is 3.98. The molecule has 1 atom stereocenters. The monoisotopic (exact) mass is 460 g/mol. The molecular formula is C24H20N4O4S. The summed E-state index contributed by atoms with van der Waals surface area (Å²) in [7, 11) is 0. The molecule has 0 spiro atoms. The summed E-state index contributed by atoms with van der Waals surface area (Å²) in [5.41, 5.74) is 3.14. The molecule has 8 nitrogen and oxygen atoms in total. The van der Waals surface area contributed by atoms with Crippen LogP contribution in [0.5, 0.6) is 0 Å². The number of hydrogen-bond acceptors (Lipinski definition) is 6. The first-order valence-corrected chi connectivity index (χ1v) is 11.2. The Hall–Kier alpha value is -3.98. The van der Waals surface area contributed by atoms with Crippen LogP contribution in [0.4, 0.5) is 4.79 Å². The lowest BCUT2D eigenvalue weighted by atomic mass is 9.93. The summed E-state index contributed by atoms with van der Waals surface area (Å²) >= 11 is 1.45. The molecule has 4 amide bonds. The van der Waals surface area contributed by atoms with Gasteiger partial charge in [-0.05, 0) is 49.6 Å². The summed E-state index contributed by atoms with van der Waals surface area (Å²) in [6, 6.07) is 19.8. The van der Waals surface area contributed by atoms with E-state index in [1.54, 1.807) is 13.0 Å². The first-order valence-electron chi connectivity index (χ1n) is 10.4. The zero-order valence-electron chi connectivity index (χ0n) is 17.7. The Morgan fingerprint density at radius 3 is 2.64 bits per heavy atom. The van der Waals surface area contributed by atoms with Gasteiger partial charge < -0.3 is 9.73 Å². The molecule has 1 unspecified atom stereocenters. The van der Waals surface area contributed by atoms with Gasteiger partial charge in [0.2, 0.25) is 0 Å². The van der Waals surface area contributed by atoms with E-state index in [4.69, 9.17) is 4.42 Å². The minimum Gasteiger partial charge on any atom is -0.448 e. The summed E-state index contributed by atoms with van der Waals surface area (Å²) in [4.78, 5) is 42.6. The molecule has 166 valence electrons. The molecule has 3 heterocycles. The number of nitrogens with one attached hydrogen (secondary N) is 2. The van der Waals surface area contributed by atoms with E-state index in [9.17, 15) is 14.4 Å². The molecule has 1 aliphatic rings. The molecule has 0 radical (unpaired) electrons. The minimum absolute atomic E-state index is 0.0252. The van der Waals surface area contributed by atoms with Crippen LogP contribution in [0.1, 0.15) is 29.5 Å². The van der Waals surface area contributed by atoms with Crippen LogP contribution in [-0.2, 0) is 11.2 Å². The number of carbonyl (C=O) groups excluding carboxylic acids is 3. The number of furan rings is 1. The topological polar surface area (TPSA) is 105 Å². The van der Waals surface area contributed by atoms with Crippen LogP contribution >= 0.6 is 11.3 Å². The number of carbonyl (C=O) groups is 3. The smallest absolute Gasteiger partial charge is 0.344 e. The fraction of sp³-hybridized carbons (Fsp3) is 0.167. The fourth-order valence-corrected chi connectivity index (χ4v) is 4.63. The van der Waals surface area contributed by atoms with Gasteiger partial charge in [-0.1, -0.05) is 42.5 Å². The quantitative estimate of drug-likeness (QED) is 0.421. The van der Waals surface area contributed by atoms with Crippen molar-refractivity contribution in [2.45, 2.75) is 25.3 Å². The molecular weight excluding hydrogens is 440 g/mol. The number of thiazole rings is 1. The normalized spacial score (nSPS) is 18.0. The zero-order chi connectivity index (χ0) is 23.0. The number of hydrazine groups is 1. The van der Waals surface area contributed by atoms with Gasteiger partial charge in [0.15, 0.2) is 16.5 Å². The second kappa shape index (κ2) is 8.18. The maximum Gasteiger partial charge on any atom is 0.344 e. The highest BCUT2D eigenvalue weighted by molar-refractivity contribution is 7.21. The number of urea groups is 1. The predicted molar refractivity (Wildman–Crippen MR) is 123 cm³/mol. The highest BCUT2D eigenvalue weighted by atomic mass is 32.1. The molecule has 2 aromatic carbocycles. The zero-order valence-corrected chi connectivity index (χ0v) is 18.5. The van der Waals surface area contributed by atoms with E-state index in [0.29, 0.717) is 28.6 Å². The van der Waals surface area contributed by atoms with Crippen molar-refractivity contribution in [3.8, 4) is 10.8 Å². The number of para-hydroxylation sites is 1. The lowest BCUT2D eigenvalue weighted by molar-refractivity contribution is -0.132. The molecule has 1 aliphatic heterocycles. The van der Waals surface area contributed by atoms with Gasteiger partial charge in [0.05, 0.1) is 10.2 Å². The number of rotatable bonds is 6. The first kappa shape index (κ1) is 20.9. The number of imide groups is 1. The first-order chi connectivity index (χ1) is 15.9. The van der Waals surface area contributed by atoms with Crippen molar-refractivity contribution >= 4 is 39.4 Å². The lowest BCUT2D eigenvalue weighted by Crippen LogP contribution is -2.48. The van der Waals surface area contributed by atoms with Gasteiger partial charge >= 0.3 is 11.9 Å². The van der Waals surface area contributed by atoms with Gasteiger partial charge in [-0.3, -0.25) is 9.59 Å². The van der Waals surface area contributed by atoms with Crippen molar-refractivity contribution < 1.29 is 18.8 Å². The maximum atomic E-state index is 12.9. The summed E-state index contributed by atoms with van der Waals surface area (Å²) in [6.07, 6.45) is 1.01. The second-order valence-electron chi connectivity index (χ2n) is 7.98. The Kier molecular flexibility index (Phi) is 5.18. The standard InChI is InChI=1S/C24H20N4O4S/c1-24(14-13-15-7-3-2-4-8-15)22(30)28(23(31)26-24)27-20(29)17-11-12-18(32-17)21-25-16-9-5-6-10-19(16)33-21/h2-12H,13-14H2,1H3,(H,26,31)(H,27,29). The van der Waals surface area contributed by atoms with Crippen LogP contribution in [0.3, 0.4) is 0 Å². The van der Waals surface area contributed by atoms with E-state index in [0.717, 1.165) is 15.8 Å². The average molecular weight is 461 g/mol. The van der Waals surface area contributed by atoms with Crippen molar-refractivity contribution in [1.82, 2.24) is 20.7 Å². The number of amides is 4. The van der Waals surface area contributed by atoms with E-state index in [1.165, 1.54) is 17.4 Å². The summed E-state index contributed by atoms with van der Waals surface area (Å²) < 4.78 is 6.67. The molecule has 0 aliphatic carbocycles. The Balaban J connectivity index is 1.27. The van der Waals surface area contributed by atoms with Crippen LogP contribution in [-0.4, -0.2) is 33.4 Å². The SMILES string of the molecule is CC1(CCc2ccccc2)NC(=O)N(NC(=O)c2ccc(-c3nc4ccccc4s3)o2)C1=O. The maximum absolute atomic E-state index is 12.9. The molecule has 2 N–H and O–H groups in total. The Morgan fingerprint density at radius 2 is 1.85 bits per heavy atom. The fourth-order valence-electron chi connectivity index (χ4n) is 3.70. The minimum atomic E-state index is -1.12. The number of nitrogens with zero attached hydrogens (tertiary/aromatic N) is 2. The van der Waals surface area contributed by atoms with Crippen LogP contribution in [0.25, 0.3) is 21.0 Å². The van der Waals surface area contributed by atoms with E-state index in [-0.39, 0.29) is 5.76 Å². The highest BCUT2D eigenvalue weighted by Gasteiger charge is 2.48. The summed E-state index contributed by atoms with van der Waals surface area (Å²) in [5.74, 6) is -0.804. The third-order valence-corrected chi connectivity index (χ3v) is 6.62. The van der Waals surface area contributed by atoms with Crippen LogP contribution < -0.4 is 10.7 Å². The number of benzene rings is 2. The molecule has 0 saturated carbocycles. The Labute approximate surface area is 193 Å². The molecule has 0 bridgehead atoms. The largest absolute Gasteiger partial charge is 0.448 e. The average Bonchev–Trinajstić information content (AvgIpc) is 3.52. The molecule has 1 fully saturated rings. The van der Waals surface area contributed by atoms with Crippen LogP contribution in [0.15, 0.2) is 71.1 Å². The molecule has 1 saturated heterocycles. The second-order valence-corrected chi connectivity index (χ2v) is 9.01. The van der Waals surface area contributed by atoms with E-state index in [1.807, 2.05) is 54.6 Å². The summed E-state index contributed by atoms with van der Waals surface area (Å²) in [5, 5.41) is 4.04. The van der Waals surface area contributed by atoms with E-state index >= 15 is 0 Å². The van der Waals surface area contributed by atoms with Crippen molar-refractivity contribution in [2.24, 2.45) is 0 Å². The molecule has 9 heteroatoms. The van der Waals surface area contributed by atoms with Crippen molar-refractivity contribution in [3.05, 3.63) is 78.1 Å². The third-order valence-electron chi connectivity index (χ3n) is 5.57. The van der Waals surface area contributed by atoms with Crippen molar-refractivity contribution in [2.75, 3.05) is 0 Å². The van der Waals surface area contributed by atoms with Crippen molar-refractivity contribution in [1.29, 1.82) is 0 Å². The van der Waals surface area contributed by atoms with Gasteiger partial charge in [-0.2, -0.15) is 5.01 Å². The van der Waals surface area contributed by atoms with E-state index in [2.05, 4.69) is 15.7 Å².